The molecule has 7 heteroatoms. The molecule has 2 aromatic carbocycles. The summed E-state index contributed by atoms with van der Waals surface area (Å²) < 4.78 is 6.01. The predicted octanol–water partition coefficient (Wildman–Crippen LogP) is 5.15. The number of hydrogen-bond donors (Lipinski definition) is 3. The van der Waals surface area contributed by atoms with Gasteiger partial charge in [0.25, 0.3) is 0 Å². The minimum absolute atomic E-state index is 0.0296. The smallest absolute Gasteiger partial charge is 0.313 e. The first kappa shape index (κ1) is 16.7. The number of aliphatic carboxylic acids is 1. The molecule has 138 valence electrons. The second kappa shape index (κ2) is 6.61. The highest BCUT2D eigenvalue weighted by Gasteiger charge is 2.12. The largest absolute Gasteiger partial charge is 0.481 e. The van der Waals surface area contributed by atoms with Gasteiger partial charge in [-0.1, -0.05) is 42.1 Å². The lowest BCUT2D eigenvalue weighted by molar-refractivity contribution is -0.133. The van der Waals surface area contributed by atoms with Crippen molar-refractivity contribution >= 4 is 39.5 Å². The summed E-state index contributed by atoms with van der Waals surface area (Å²) in [5, 5.41) is 18.8. The molecule has 0 spiro atoms. The van der Waals surface area contributed by atoms with Gasteiger partial charge < -0.3 is 14.5 Å². The SMILES string of the molecule is O=C(O)CSc1cc(-c2ccc(-c3ccc4c(c3)[nH]c3ccccc34)o2)[nH]n1. The number of nitrogens with zero attached hydrogens (tertiary/aromatic N) is 1. The molecular formula is C21H15N3O3S. The zero-order valence-electron chi connectivity index (χ0n) is 14.6. The van der Waals surface area contributed by atoms with Crippen LogP contribution in [0.3, 0.4) is 0 Å². The van der Waals surface area contributed by atoms with Crippen LogP contribution in [0.25, 0.3) is 44.6 Å². The van der Waals surface area contributed by atoms with Gasteiger partial charge in [-0.2, -0.15) is 5.10 Å². The molecular weight excluding hydrogens is 374 g/mol. The maximum Gasteiger partial charge on any atom is 0.313 e. The van der Waals surface area contributed by atoms with Crippen molar-refractivity contribution in [2.24, 2.45) is 0 Å². The number of aromatic nitrogens is 3. The third-order valence-electron chi connectivity index (χ3n) is 4.56. The van der Waals surface area contributed by atoms with E-state index in [0.29, 0.717) is 16.5 Å². The van der Waals surface area contributed by atoms with Gasteiger partial charge in [-0.05, 0) is 24.3 Å². The lowest BCUT2D eigenvalue weighted by Gasteiger charge is -1.98. The van der Waals surface area contributed by atoms with Crippen LogP contribution in [-0.2, 0) is 4.79 Å². The Labute approximate surface area is 163 Å². The number of para-hydroxylation sites is 1. The van der Waals surface area contributed by atoms with Gasteiger partial charge >= 0.3 is 5.97 Å². The van der Waals surface area contributed by atoms with Crippen molar-refractivity contribution in [3.05, 3.63) is 60.7 Å². The second-order valence-corrected chi connectivity index (χ2v) is 7.39. The molecule has 0 atom stereocenters. The molecule has 0 fully saturated rings. The van der Waals surface area contributed by atoms with Crippen LogP contribution in [-0.4, -0.2) is 32.0 Å². The van der Waals surface area contributed by atoms with Crippen LogP contribution in [0.2, 0.25) is 0 Å². The minimum Gasteiger partial charge on any atom is -0.481 e. The summed E-state index contributed by atoms with van der Waals surface area (Å²) in [6.45, 7) is 0. The Morgan fingerprint density at radius 2 is 1.82 bits per heavy atom. The van der Waals surface area contributed by atoms with Crippen molar-refractivity contribution in [3.8, 4) is 22.8 Å². The molecule has 0 aliphatic carbocycles. The van der Waals surface area contributed by atoms with Crippen molar-refractivity contribution < 1.29 is 14.3 Å². The summed E-state index contributed by atoms with van der Waals surface area (Å²) in [5.41, 5.74) is 3.86. The van der Waals surface area contributed by atoms with Crippen LogP contribution < -0.4 is 0 Å². The summed E-state index contributed by atoms with van der Waals surface area (Å²) in [6.07, 6.45) is 0. The molecule has 0 aliphatic rings. The van der Waals surface area contributed by atoms with Crippen molar-refractivity contribution in [2.45, 2.75) is 5.03 Å². The maximum absolute atomic E-state index is 10.7. The average molecular weight is 389 g/mol. The van der Waals surface area contributed by atoms with E-state index in [1.807, 2.05) is 30.3 Å². The van der Waals surface area contributed by atoms with Gasteiger partial charge in [0.15, 0.2) is 5.76 Å². The van der Waals surface area contributed by atoms with Crippen LogP contribution in [0.15, 0.2) is 70.1 Å². The van der Waals surface area contributed by atoms with Gasteiger partial charge in [0.1, 0.15) is 16.5 Å². The fourth-order valence-corrected chi connectivity index (χ4v) is 3.87. The normalized spacial score (nSPS) is 11.4. The Morgan fingerprint density at radius 3 is 2.71 bits per heavy atom. The number of hydrogen-bond acceptors (Lipinski definition) is 4. The van der Waals surface area contributed by atoms with Gasteiger partial charge in [0.2, 0.25) is 0 Å². The third-order valence-corrected chi connectivity index (χ3v) is 5.46. The standard InChI is InChI=1S/C21H15N3O3S/c25-21(26)11-28-20-10-17(23-24-20)19-8-7-18(27-19)12-5-6-14-13-3-1-2-4-15(13)22-16(14)9-12/h1-10,22H,11H2,(H,23,24)(H,25,26). The van der Waals surface area contributed by atoms with Crippen LogP contribution in [0.4, 0.5) is 0 Å². The Hall–Kier alpha value is -3.45. The number of carboxylic acids is 1. The lowest BCUT2D eigenvalue weighted by atomic mass is 10.1. The lowest BCUT2D eigenvalue weighted by Crippen LogP contribution is -1.97. The molecule has 0 unspecified atom stereocenters. The van der Waals surface area contributed by atoms with E-state index in [1.54, 1.807) is 6.07 Å². The maximum atomic E-state index is 10.7. The summed E-state index contributed by atoms with van der Waals surface area (Å²) in [7, 11) is 0. The molecule has 3 N–H and O–H groups in total. The van der Waals surface area contributed by atoms with E-state index in [9.17, 15) is 4.79 Å². The number of furan rings is 1. The molecule has 0 bridgehead atoms. The highest BCUT2D eigenvalue weighted by atomic mass is 32.2. The van der Waals surface area contributed by atoms with E-state index in [2.05, 4.69) is 39.4 Å². The van der Waals surface area contributed by atoms with E-state index >= 15 is 0 Å². The molecule has 6 nitrogen and oxygen atoms in total. The first-order valence-electron chi connectivity index (χ1n) is 8.68. The van der Waals surface area contributed by atoms with E-state index in [4.69, 9.17) is 9.52 Å². The van der Waals surface area contributed by atoms with Crippen molar-refractivity contribution in [1.29, 1.82) is 0 Å². The van der Waals surface area contributed by atoms with Gasteiger partial charge in [0, 0.05) is 33.4 Å². The zero-order chi connectivity index (χ0) is 19.1. The molecule has 0 saturated heterocycles. The summed E-state index contributed by atoms with van der Waals surface area (Å²) in [5.74, 6) is 0.506. The highest BCUT2D eigenvalue weighted by Crippen LogP contribution is 2.32. The Morgan fingerprint density at radius 1 is 1.00 bits per heavy atom. The number of H-pyrrole nitrogens is 2. The summed E-state index contributed by atoms with van der Waals surface area (Å²) in [4.78, 5) is 14.1. The fraction of sp³-hybridized carbons (Fsp3) is 0.0476. The molecule has 5 rings (SSSR count). The number of fused-ring (bicyclic) bond motifs is 3. The minimum atomic E-state index is -0.873. The first-order valence-corrected chi connectivity index (χ1v) is 9.67. The molecule has 3 heterocycles. The monoisotopic (exact) mass is 389 g/mol. The van der Waals surface area contributed by atoms with Crippen molar-refractivity contribution in [1.82, 2.24) is 15.2 Å². The number of benzene rings is 2. The predicted molar refractivity (Wildman–Crippen MR) is 109 cm³/mol. The van der Waals surface area contributed by atoms with Gasteiger partial charge in [-0.25, -0.2) is 0 Å². The Balaban J connectivity index is 1.45. The quantitative estimate of drug-likeness (QED) is 0.361. The van der Waals surface area contributed by atoms with E-state index in [0.717, 1.165) is 34.1 Å². The van der Waals surface area contributed by atoms with Crippen molar-refractivity contribution in [3.63, 3.8) is 0 Å². The van der Waals surface area contributed by atoms with Crippen LogP contribution in [0, 0.1) is 0 Å². The Bertz CT molecular complexity index is 1310. The third kappa shape index (κ3) is 2.95. The average Bonchev–Trinajstić information content (AvgIpc) is 3.42. The molecule has 0 amide bonds. The molecule has 0 radical (unpaired) electrons. The fourth-order valence-electron chi connectivity index (χ4n) is 3.28. The number of carboxylic acid groups (broad SMARTS) is 1. The van der Waals surface area contributed by atoms with E-state index in [-0.39, 0.29) is 5.75 Å². The van der Waals surface area contributed by atoms with E-state index < -0.39 is 5.97 Å². The van der Waals surface area contributed by atoms with Crippen LogP contribution in [0.5, 0.6) is 0 Å². The number of carbonyl (C=O) groups is 1. The molecule has 28 heavy (non-hydrogen) atoms. The first-order chi connectivity index (χ1) is 13.7. The molecule has 3 aromatic heterocycles. The topological polar surface area (TPSA) is 94.9 Å². The van der Waals surface area contributed by atoms with E-state index in [1.165, 1.54) is 10.8 Å². The van der Waals surface area contributed by atoms with Crippen LogP contribution >= 0.6 is 11.8 Å². The van der Waals surface area contributed by atoms with Gasteiger partial charge in [-0.3, -0.25) is 9.89 Å². The second-order valence-electron chi connectivity index (χ2n) is 6.40. The summed E-state index contributed by atoms with van der Waals surface area (Å²) in [6, 6.07) is 20.1. The number of rotatable bonds is 5. The van der Waals surface area contributed by atoms with Crippen molar-refractivity contribution in [2.75, 3.05) is 5.75 Å². The number of nitrogens with one attached hydrogen (secondary N) is 2. The summed E-state index contributed by atoms with van der Waals surface area (Å²) >= 11 is 1.16. The van der Waals surface area contributed by atoms with Gasteiger partial charge in [0.05, 0.1) is 5.75 Å². The molecule has 5 aromatic rings. The zero-order valence-corrected chi connectivity index (χ0v) is 15.4. The molecule has 0 aliphatic heterocycles. The highest BCUT2D eigenvalue weighted by molar-refractivity contribution is 7.99. The number of thioether (sulfide) groups is 1. The van der Waals surface area contributed by atoms with Gasteiger partial charge in [-0.15, -0.1) is 0 Å². The van der Waals surface area contributed by atoms with Crippen LogP contribution in [0.1, 0.15) is 0 Å². The molecule has 0 saturated carbocycles. The Kier molecular flexibility index (Phi) is 3.95. The number of aromatic amines is 2.